The summed E-state index contributed by atoms with van der Waals surface area (Å²) in [5, 5.41) is 2.84. The van der Waals surface area contributed by atoms with Gasteiger partial charge in [0.1, 0.15) is 0 Å². The molecule has 0 saturated heterocycles. The summed E-state index contributed by atoms with van der Waals surface area (Å²) in [5.41, 5.74) is 2.95. The van der Waals surface area contributed by atoms with Crippen LogP contribution in [0.1, 0.15) is 41.3 Å². The highest BCUT2D eigenvalue weighted by atomic mass is 16.5. The zero-order valence-electron chi connectivity index (χ0n) is 11.0. The van der Waals surface area contributed by atoms with Gasteiger partial charge < -0.3 is 10.1 Å². The molecule has 3 heteroatoms. The number of carbonyl (C=O) groups is 1. The first-order chi connectivity index (χ1) is 8.06. The van der Waals surface area contributed by atoms with Crippen LogP contribution >= 0.6 is 0 Å². The standard InChI is InChI=1S/C14H21NO2/c1-10(2)12-6-5-11(3)13(9-12)14(16)15-7-8-17-4/h5-6,9-10H,7-8H2,1-4H3,(H,15,16). The molecule has 0 spiro atoms. The van der Waals surface area contributed by atoms with Crippen LogP contribution in [0.4, 0.5) is 0 Å². The molecule has 1 aromatic rings. The van der Waals surface area contributed by atoms with Gasteiger partial charge in [0, 0.05) is 19.2 Å². The van der Waals surface area contributed by atoms with E-state index in [-0.39, 0.29) is 5.91 Å². The van der Waals surface area contributed by atoms with Crippen molar-refractivity contribution in [3.63, 3.8) is 0 Å². The fourth-order valence-electron chi connectivity index (χ4n) is 1.61. The molecule has 0 aliphatic carbocycles. The predicted octanol–water partition coefficient (Wildman–Crippen LogP) is 2.49. The second-order valence-corrected chi connectivity index (χ2v) is 4.48. The van der Waals surface area contributed by atoms with Crippen molar-refractivity contribution < 1.29 is 9.53 Å². The van der Waals surface area contributed by atoms with Crippen molar-refractivity contribution in [1.82, 2.24) is 5.32 Å². The second-order valence-electron chi connectivity index (χ2n) is 4.48. The minimum Gasteiger partial charge on any atom is -0.383 e. The molecular weight excluding hydrogens is 214 g/mol. The number of nitrogens with one attached hydrogen (secondary N) is 1. The molecule has 1 aromatic carbocycles. The van der Waals surface area contributed by atoms with Crippen LogP contribution in [0, 0.1) is 6.92 Å². The van der Waals surface area contributed by atoms with E-state index in [1.165, 1.54) is 5.56 Å². The van der Waals surface area contributed by atoms with Gasteiger partial charge in [-0.1, -0.05) is 26.0 Å². The Morgan fingerprint density at radius 2 is 2.12 bits per heavy atom. The van der Waals surface area contributed by atoms with Crippen molar-refractivity contribution in [1.29, 1.82) is 0 Å². The number of ether oxygens (including phenoxy) is 1. The molecule has 0 fully saturated rings. The molecule has 1 rings (SSSR count). The van der Waals surface area contributed by atoms with Gasteiger partial charge in [0.05, 0.1) is 6.61 Å². The van der Waals surface area contributed by atoms with Crippen molar-refractivity contribution in [3.05, 3.63) is 34.9 Å². The summed E-state index contributed by atoms with van der Waals surface area (Å²) in [6, 6.07) is 6.05. The minimum atomic E-state index is -0.0259. The Morgan fingerprint density at radius 1 is 1.41 bits per heavy atom. The quantitative estimate of drug-likeness (QED) is 0.796. The van der Waals surface area contributed by atoms with Crippen molar-refractivity contribution in [2.24, 2.45) is 0 Å². The van der Waals surface area contributed by atoms with Gasteiger partial charge in [-0.3, -0.25) is 4.79 Å². The maximum absolute atomic E-state index is 11.9. The molecule has 17 heavy (non-hydrogen) atoms. The van der Waals surface area contributed by atoms with Crippen LogP contribution in [0.2, 0.25) is 0 Å². The molecule has 0 aromatic heterocycles. The third kappa shape index (κ3) is 3.86. The van der Waals surface area contributed by atoms with Gasteiger partial charge in [-0.25, -0.2) is 0 Å². The number of benzene rings is 1. The summed E-state index contributed by atoms with van der Waals surface area (Å²) in [7, 11) is 1.62. The Labute approximate surface area is 103 Å². The third-order valence-electron chi connectivity index (χ3n) is 2.76. The highest BCUT2D eigenvalue weighted by Crippen LogP contribution is 2.18. The van der Waals surface area contributed by atoms with Crippen LogP contribution < -0.4 is 5.32 Å². The monoisotopic (exact) mass is 235 g/mol. The summed E-state index contributed by atoms with van der Waals surface area (Å²) in [6.07, 6.45) is 0. The molecule has 0 saturated carbocycles. The van der Waals surface area contributed by atoms with Crippen LogP contribution in [0.15, 0.2) is 18.2 Å². The van der Waals surface area contributed by atoms with Gasteiger partial charge in [0.25, 0.3) is 5.91 Å². The SMILES string of the molecule is COCCNC(=O)c1cc(C(C)C)ccc1C. The predicted molar refractivity (Wildman–Crippen MR) is 69.5 cm³/mol. The Hall–Kier alpha value is -1.35. The molecule has 0 atom stereocenters. The maximum Gasteiger partial charge on any atom is 0.251 e. The van der Waals surface area contributed by atoms with E-state index in [1.807, 2.05) is 19.1 Å². The minimum absolute atomic E-state index is 0.0259. The van der Waals surface area contributed by atoms with Gasteiger partial charge in [-0.05, 0) is 30.0 Å². The average Bonchev–Trinajstić information content (AvgIpc) is 2.29. The van der Waals surface area contributed by atoms with E-state index in [9.17, 15) is 4.79 Å². The number of methoxy groups -OCH3 is 1. The summed E-state index contributed by atoms with van der Waals surface area (Å²) in [4.78, 5) is 11.9. The Kier molecular flexibility index (Phi) is 5.16. The molecule has 0 radical (unpaired) electrons. The molecule has 1 N–H and O–H groups in total. The summed E-state index contributed by atoms with van der Waals surface area (Å²) < 4.78 is 4.91. The van der Waals surface area contributed by atoms with Gasteiger partial charge in [-0.15, -0.1) is 0 Å². The van der Waals surface area contributed by atoms with E-state index in [2.05, 4.69) is 25.2 Å². The molecule has 94 valence electrons. The second kappa shape index (κ2) is 6.40. The molecular formula is C14H21NO2. The summed E-state index contributed by atoms with van der Waals surface area (Å²) >= 11 is 0. The zero-order chi connectivity index (χ0) is 12.8. The highest BCUT2D eigenvalue weighted by molar-refractivity contribution is 5.95. The van der Waals surface area contributed by atoms with Crippen molar-refractivity contribution in [2.75, 3.05) is 20.3 Å². The Morgan fingerprint density at radius 3 is 2.71 bits per heavy atom. The smallest absolute Gasteiger partial charge is 0.251 e. The maximum atomic E-state index is 11.9. The lowest BCUT2D eigenvalue weighted by Crippen LogP contribution is -2.27. The van der Waals surface area contributed by atoms with Gasteiger partial charge in [0.2, 0.25) is 0 Å². The first-order valence-electron chi connectivity index (χ1n) is 5.94. The number of amides is 1. The molecule has 1 amide bonds. The zero-order valence-corrected chi connectivity index (χ0v) is 11.0. The van der Waals surface area contributed by atoms with E-state index in [1.54, 1.807) is 7.11 Å². The molecule has 0 aliphatic rings. The van der Waals surface area contributed by atoms with E-state index >= 15 is 0 Å². The third-order valence-corrected chi connectivity index (χ3v) is 2.76. The normalized spacial score (nSPS) is 10.6. The number of hydrogen-bond donors (Lipinski definition) is 1. The number of aryl methyl sites for hydroxylation is 1. The van der Waals surface area contributed by atoms with Crippen LogP contribution in [0.5, 0.6) is 0 Å². The van der Waals surface area contributed by atoms with Crippen LogP contribution in [0.25, 0.3) is 0 Å². The van der Waals surface area contributed by atoms with Crippen LogP contribution in [-0.4, -0.2) is 26.2 Å². The van der Waals surface area contributed by atoms with Gasteiger partial charge >= 0.3 is 0 Å². The molecule has 0 aliphatic heterocycles. The first-order valence-corrected chi connectivity index (χ1v) is 5.94. The number of carbonyl (C=O) groups excluding carboxylic acids is 1. The first kappa shape index (κ1) is 13.7. The van der Waals surface area contributed by atoms with E-state index in [0.29, 0.717) is 19.1 Å². The molecule has 0 heterocycles. The van der Waals surface area contributed by atoms with Crippen molar-refractivity contribution in [2.45, 2.75) is 26.7 Å². The average molecular weight is 235 g/mol. The van der Waals surface area contributed by atoms with Gasteiger partial charge in [0.15, 0.2) is 0 Å². The lowest BCUT2D eigenvalue weighted by molar-refractivity contribution is 0.0936. The van der Waals surface area contributed by atoms with E-state index in [4.69, 9.17) is 4.74 Å². The van der Waals surface area contributed by atoms with Crippen LogP contribution in [0.3, 0.4) is 0 Å². The van der Waals surface area contributed by atoms with Crippen LogP contribution in [-0.2, 0) is 4.74 Å². The fourth-order valence-corrected chi connectivity index (χ4v) is 1.61. The summed E-state index contributed by atoms with van der Waals surface area (Å²) in [6.45, 7) is 7.28. The fraction of sp³-hybridized carbons (Fsp3) is 0.500. The largest absolute Gasteiger partial charge is 0.383 e. The Bertz CT molecular complexity index is 386. The molecule has 0 bridgehead atoms. The number of hydrogen-bond acceptors (Lipinski definition) is 2. The van der Waals surface area contributed by atoms with Crippen molar-refractivity contribution >= 4 is 5.91 Å². The van der Waals surface area contributed by atoms with Gasteiger partial charge in [-0.2, -0.15) is 0 Å². The van der Waals surface area contributed by atoms with E-state index in [0.717, 1.165) is 11.1 Å². The Balaban J connectivity index is 2.81. The topological polar surface area (TPSA) is 38.3 Å². The highest BCUT2D eigenvalue weighted by Gasteiger charge is 2.10. The lowest BCUT2D eigenvalue weighted by atomic mass is 9.97. The van der Waals surface area contributed by atoms with Crippen molar-refractivity contribution in [3.8, 4) is 0 Å². The number of rotatable bonds is 5. The molecule has 3 nitrogen and oxygen atoms in total. The summed E-state index contributed by atoms with van der Waals surface area (Å²) in [5.74, 6) is 0.406. The van der Waals surface area contributed by atoms with E-state index < -0.39 is 0 Å². The molecule has 0 unspecified atom stereocenters. The lowest BCUT2D eigenvalue weighted by Gasteiger charge is -2.11.